The van der Waals surface area contributed by atoms with Crippen molar-refractivity contribution in [2.45, 2.75) is 72.9 Å². The molecule has 0 unspecified atom stereocenters. The molecule has 1 N–H and O–H groups in total. The molecule has 0 bridgehead atoms. The van der Waals surface area contributed by atoms with Gasteiger partial charge in [0.15, 0.2) is 0 Å². The van der Waals surface area contributed by atoms with Crippen LogP contribution >= 0.6 is 0 Å². The average Bonchev–Trinajstić information content (AvgIpc) is 2.50. The van der Waals surface area contributed by atoms with Gasteiger partial charge in [-0.3, -0.25) is 0 Å². The van der Waals surface area contributed by atoms with Crippen LogP contribution in [0.1, 0.15) is 56.4 Å². The number of anilines is 2. The first-order chi connectivity index (χ1) is 11.9. The van der Waals surface area contributed by atoms with E-state index in [1.165, 1.54) is 33.6 Å². The van der Waals surface area contributed by atoms with E-state index in [9.17, 15) is 0 Å². The normalized spacial score (nSPS) is 12.2. The molecule has 0 radical (unpaired) electrons. The minimum Gasteiger partial charge on any atom is -0.380 e. The minimum absolute atomic E-state index is 0.0178. The third kappa shape index (κ3) is 4.41. The predicted molar refractivity (Wildman–Crippen MR) is 117 cm³/mol. The van der Waals surface area contributed by atoms with Crippen molar-refractivity contribution in [1.29, 1.82) is 0 Å². The Morgan fingerprint density at radius 3 is 1.65 bits per heavy atom. The van der Waals surface area contributed by atoms with Gasteiger partial charge >= 0.3 is 0 Å². The standard InChI is InChI=1S/C24H36N2/c1-17-12-10-13-18(2)21(17)25-23(5,6)16-24(7,8)26(9)22-19(3)14-11-15-20(22)4/h10-15,25H,16H2,1-9H3. The van der Waals surface area contributed by atoms with Crippen molar-refractivity contribution in [2.75, 3.05) is 17.3 Å². The number of aryl methyl sites for hydroxylation is 4. The number of rotatable bonds is 6. The molecule has 0 atom stereocenters. The Morgan fingerprint density at radius 2 is 1.19 bits per heavy atom. The smallest absolute Gasteiger partial charge is 0.0427 e. The van der Waals surface area contributed by atoms with E-state index in [1.54, 1.807) is 0 Å². The van der Waals surface area contributed by atoms with Gasteiger partial charge in [0.2, 0.25) is 0 Å². The number of hydrogen-bond acceptors (Lipinski definition) is 2. The fraction of sp³-hybridized carbons (Fsp3) is 0.500. The zero-order valence-electron chi connectivity index (χ0n) is 18.1. The Hall–Kier alpha value is -1.96. The lowest BCUT2D eigenvalue weighted by Gasteiger charge is -2.44. The highest BCUT2D eigenvalue weighted by atomic mass is 15.2. The summed E-state index contributed by atoms with van der Waals surface area (Å²) in [5.41, 5.74) is 7.89. The summed E-state index contributed by atoms with van der Waals surface area (Å²) in [4.78, 5) is 2.45. The molecule has 0 aliphatic carbocycles. The third-order valence-corrected chi connectivity index (χ3v) is 5.50. The van der Waals surface area contributed by atoms with Crippen molar-refractivity contribution >= 4 is 11.4 Å². The van der Waals surface area contributed by atoms with Crippen LogP contribution in [0.15, 0.2) is 36.4 Å². The summed E-state index contributed by atoms with van der Waals surface area (Å²) < 4.78 is 0. The zero-order valence-corrected chi connectivity index (χ0v) is 18.1. The molecule has 0 aliphatic heterocycles. The molecule has 0 heterocycles. The molecule has 142 valence electrons. The van der Waals surface area contributed by atoms with E-state index in [0.717, 1.165) is 6.42 Å². The van der Waals surface area contributed by atoms with Gasteiger partial charge in [-0.15, -0.1) is 0 Å². The van der Waals surface area contributed by atoms with Crippen molar-refractivity contribution < 1.29 is 0 Å². The molecule has 2 aromatic rings. The highest BCUT2D eigenvalue weighted by Gasteiger charge is 2.33. The Morgan fingerprint density at radius 1 is 0.769 bits per heavy atom. The first kappa shape index (κ1) is 20.4. The van der Waals surface area contributed by atoms with Gasteiger partial charge in [0.1, 0.15) is 0 Å². The van der Waals surface area contributed by atoms with E-state index in [0.29, 0.717) is 0 Å². The van der Waals surface area contributed by atoms with Crippen molar-refractivity contribution in [1.82, 2.24) is 0 Å². The molecular formula is C24H36N2. The summed E-state index contributed by atoms with van der Waals surface area (Å²) in [6, 6.07) is 13.0. The summed E-state index contributed by atoms with van der Waals surface area (Å²) in [5, 5.41) is 3.82. The summed E-state index contributed by atoms with van der Waals surface area (Å²) >= 11 is 0. The van der Waals surface area contributed by atoms with Crippen molar-refractivity contribution in [3.63, 3.8) is 0 Å². The second-order valence-corrected chi connectivity index (χ2v) is 9.06. The van der Waals surface area contributed by atoms with Crippen LogP contribution in [-0.2, 0) is 0 Å². The predicted octanol–water partition coefficient (Wildman–Crippen LogP) is 6.42. The molecular weight excluding hydrogens is 316 g/mol. The van der Waals surface area contributed by atoms with E-state index in [4.69, 9.17) is 0 Å². The largest absolute Gasteiger partial charge is 0.380 e. The lowest BCUT2D eigenvalue weighted by molar-refractivity contribution is 0.359. The average molecular weight is 353 g/mol. The van der Waals surface area contributed by atoms with Crippen LogP contribution in [0.25, 0.3) is 0 Å². The molecule has 0 aromatic heterocycles. The Kier molecular flexibility index (Phi) is 5.75. The quantitative estimate of drug-likeness (QED) is 0.645. The lowest BCUT2D eigenvalue weighted by Crippen LogP contribution is -2.49. The zero-order chi connectivity index (χ0) is 19.7. The molecule has 0 fully saturated rings. The van der Waals surface area contributed by atoms with Gasteiger partial charge in [0, 0.05) is 29.5 Å². The van der Waals surface area contributed by atoms with Crippen LogP contribution in [0.4, 0.5) is 11.4 Å². The van der Waals surface area contributed by atoms with Gasteiger partial charge in [-0.1, -0.05) is 36.4 Å². The number of nitrogens with zero attached hydrogens (tertiary/aromatic N) is 1. The summed E-state index contributed by atoms with van der Waals surface area (Å²) in [6.45, 7) is 18.1. The molecule has 0 saturated heterocycles. The Labute approximate surface area is 160 Å². The molecule has 2 nitrogen and oxygen atoms in total. The fourth-order valence-electron chi connectivity index (χ4n) is 4.23. The Balaban J connectivity index is 2.26. The SMILES string of the molecule is Cc1cccc(C)c1NC(C)(C)CC(C)(C)N(C)c1c(C)cccc1C. The maximum atomic E-state index is 3.82. The summed E-state index contributed by atoms with van der Waals surface area (Å²) in [7, 11) is 2.23. The van der Waals surface area contributed by atoms with Gasteiger partial charge in [-0.2, -0.15) is 0 Å². The van der Waals surface area contributed by atoms with Crippen LogP contribution in [0.3, 0.4) is 0 Å². The van der Waals surface area contributed by atoms with Gasteiger partial charge in [0.05, 0.1) is 0 Å². The van der Waals surface area contributed by atoms with Crippen LogP contribution in [0.5, 0.6) is 0 Å². The van der Waals surface area contributed by atoms with Gasteiger partial charge in [0.25, 0.3) is 0 Å². The maximum Gasteiger partial charge on any atom is 0.0427 e. The first-order valence-electron chi connectivity index (χ1n) is 9.59. The summed E-state index contributed by atoms with van der Waals surface area (Å²) in [5.74, 6) is 0. The topological polar surface area (TPSA) is 15.3 Å². The molecule has 0 saturated carbocycles. The lowest BCUT2D eigenvalue weighted by atomic mass is 9.84. The van der Waals surface area contributed by atoms with E-state index in [2.05, 4.69) is 109 Å². The van der Waals surface area contributed by atoms with E-state index < -0.39 is 0 Å². The van der Waals surface area contributed by atoms with Gasteiger partial charge < -0.3 is 10.2 Å². The van der Waals surface area contributed by atoms with Crippen LogP contribution in [-0.4, -0.2) is 18.1 Å². The first-order valence-corrected chi connectivity index (χ1v) is 9.59. The monoisotopic (exact) mass is 352 g/mol. The molecule has 2 rings (SSSR count). The summed E-state index contributed by atoms with van der Waals surface area (Å²) in [6.07, 6.45) is 1.03. The molecule has 0 amide bonds. The van der Waals surface area contributed by atoms with Crippen LogP contribution < -0.4 is 10.2 Å². The second kappa shape index (κ2) is 7.34. The molecule has 2 aromatic carbocycles. The molecule has 2 heteroatoms. The van der Waals surface area contributed by atoms with Crippen LogP contribution in [0, 0.1) is 27.7 Å². The van der Waals surface area contributed by atoms with Crippen molar-refractivity contribution in [3.8, 4) is 0 Å². The van der Waals surface area contributed by atoms with Crippen molar-refractivity contribution in [3.05, 3.63) is 58.7 Å². The number of para-hydroxylation sites is 2. The van der Waals surface area contributed by atoms with Crippen molar-refractivity contribution in [2.24, 2.45) is 0 Å². The van der Waals surface area contributed by atoms with E-state index in [-0.39, 0.29) is 11.1 Å². The highest BCUT2D eigenvalue weighted by Crippen LogP contribution is 2.35. The second-order valence-electron chi connectivity index (χ2n) is 9.06. The molecule has 0 aliphatic rings. The van der Waals surface area contributed by atoms with E-state index in [1.807, 2.05) is 0 Å². The number of hydrogen-bond donors (Lipinski definition) is 1. The van der Waals surface area contributed by atoms with E-state index >= 15 is 0 Å². The van der Waals surface area contributed by atoms with Crippen LogP contribution in [0.2, 0.25) is 0 Å². The number of nitrogens with one attached hydrogen (secondary N) is 1. The fourth-order valence-corrected chi connectivity index (χ4v) is 4.23. The maximum absolute atomic E-state index is 3.82. The minimum atomic E-state index is -0.0226. The molecule has 0 spiro atoms. The van der Waals surface area contributed by atoms with Gasteiger partial charge in [-0.25, -0.2) is 0 Å². The Bertz CT molecular complexity index is 731. The number of benzene rings is 2. The van der Waals surface area contributed by atoms with Gasteiger partial charge in [-0.05, 0) is 84.1 Å². The highest BCUT2D eigenvalue weighted by molar-refractivity contribution is 5.61. The third-order valence-electron chi connectivity index (χ3n) is 5.50. The molecule has 26 heavy (non-hydrogen) atoms.